The number of fused-ring (bicyclic) bond motifs is 3. The number of aromatic amines is 1. The van der Waals surface area contributed by atoms with Gasteiger partial charge in [0.2, 0.25) is 0 Å². The fourth-order valence-electron chi connectivity index (χ4n) is 3.06. The van der Waals surface area contributed by atoms with E-state index in [4.69, 9.17) is 11.6 Å². The van der Waals surface area contributed by atoms with Gasteiger partial charge in [-0.3, -0.25) is 4.79 Å². The second-order valence-electron chi connectivity index (χ2n) is 6.38. The predicted molar refractivity (Wildman–Crippen MR) is 115 cm³/mol. The van der Waals surface area contributed by atoms with E-state index in [-0.39, 0.29) is 11.3 Å². The van der Waals surface area contributed by atoms with Gasteiger partial charge in [-0.1, -0.05) is 36.5 Å². The smallest absolute Gasteiger partial charge is 0.196 e. The van der Waals surface area contributed by atoms with Crippen LogP contribution in [0.2, 0.25) is 5.02 Å². The summed E-state index contributed by atoms with van der Waals surface area (Å²) in [6, 6.07) is 11.9. The Balaban J connectivity index is 1.73. The van der Waals surface area contributed by atoms with Crippen LogP contribution in [0.4, 0.5) is 10.1 Å². The number of halogens is 2. The lowest BCUT2D eigenvalue weighted by atomic mass is 10.0. The normalized spacial score (nSPS) is 11.2. The first-order chi connectivity index (χ1) is 13.6. The quantitative estimate of drug-likeness (QED) is 0.224. The monoisotopic (exact) mass is 413 g/mol. The van der Waals surface area contributed by atoms with Crippen LogP contribution in [0.1, 0.15) is 29.3 Å². The molecule has 0 amide bonds. The topological polar surface area (TPSA) is 57.8 Å². The van der Waals surface area contributed by atoms with E-state index in [9.17, 15) is 9.18 Å². The molecular weight excluding hydrogens is 397 g/mol. The number of rotatable bonds is 6. The molecule has 0 unspecified atom stereocenters. The molecule has 2 heterocycles. The van der Waals surface area contributed by atoms with E-state index in [1.807, 2.05) is 0 Å². The SMILES string of the molecule is CCCSNc1cccc(C(=O)c2ccc3[nH]c4ncc(Cl)cc4c3c2)c1F. The predicted octanol–water partition coefficient (Wildman–Crippen LogP) is 6.21. The molecule has 4 rings (SSSR count). The maximum Gasteiger partial charge on any atom is 0.196 e. The fourth-order valence-corrected chi connectivity index (χ4v) is 3.84. The molecule has 0 aliphatic rings. The highest BCUT2D eigenvalue weighted by atomic mass is 35.5. The lowest BCUT2D eigenvalue weighted by Crippen LogP contribution is -2.06. The molecule has 2 N–H and O–H groups in total. The molecule has 4 nitrogen and oxygen atoms in total. The third kappa shape index (κ3) is 3.45. The number of benzene rings is 2. The second kappa shape index (κ2) is 7.81. The van der Waals surface area contributed by atoms with Gasteiger partial charge in [-0.25, -0.2) is 9.37 Å². The number of anilines is 1. The minimum Gasteiger partial charge on any atom is -0.339 e. The molecule has 0 radical (unpaired) electrons. The van der Waals surface area contributed by atoms with Gasteiger partial charge in [0.1, 0.15) is 5.65 Å². The molecule has 4 aromatic rings. The summed E-state index contributed by atoms with van der Waals surface area (Å²) in [6.07, 6.45) is 2.54. The number of aromatic nitrogens is 2. The zero-order chi connectivity index (χ0) is 19.7. The van der Waals surface area contributed by atoms with Crippen molar-refractivity contribution >= 4 is 57.0 Å². The minimum absolute atomic E-state index is 0.0393. The van der Waals surface area contributed by atoms with Crippen LogP contribution < -0.4 is 4.72 Å². The van der Waals surface area contributed by atoms with Gasteiger partial charge in [0.15, 0.2) is 11.6 Å². The van der Waals surface area contributed by atoms with Crippen LogP contribution in [-0.2, 0) is 0 Å². The molecule has 0 atom stereocenters. The Bertz CT molecular complexity index is 1190. The maximum absolute atomic E-state index is 14.9. The summed E-state index contributed by atoms with van der Waals surface area (Å²) in [7, 11) is 0. The zero-order valence-corrected chi connectivity index (χ0v) is 16.6. The summed E-state index contributed by atoms with van der Waals surface area (Å²) in [6.45, 7) is 2.05. The molecule has 2 aromatic heterocycles. The Morgan fingerprint density at radius 1 is 1.25 bits per heavy atom. The number of pyridine rings is 1. The van der Waals surface area contributed by atoms with Crippen molar-refractivity contribution in [2.75, 3.05) is 10.5 Å². The van der Waals surface area contributed by atoms with Crippen LogP contribution in [0.15, 0.2) is 48.7 Å². The molecule has 0 saturated carbocycles. The van der Waals surface area contributed by atoms with Crippen LogP contribution in [0.25, 0.3) is 21.9 Å². The Morgan fingerprint density at radius 2 is 2.11 bits per heavy atom. The Morgan fingerprint density at radius 3 is 2.93 bits per heavy atom. The van der Waals surface area contributed by atoms with Gasteiger partial charge in [-0.05, 0) is 42.8 Å². The molecule has 0 aliphatic heterocycles. The summed E-state index contributed by atoms with van der Waals surface area (Å²) in [5, 5.41) is 2.16. The number of hydrogen-bond acceptors (Lipinski definition) is 4. The number of carbonyl (C=O) groups is 1. The third-order valence-electron chi connectivity index (χ3n) is 4.41. The summed E-state index contributed by atoms with van der Waals surface area (Å²) in [4.78, 5) is 20.5. The molecule has 28 heavy (non-hydrogen) atoms. The summed E-state index contributed by atoms with van der Waals surface area (Å²) < 4.78 is 17.8. The highest BCUT2D eigenvalue weighted by Gasteiger charge is 2.18. The van der Waals surface area contributed by atoms with Crippen molar-refractivity contribution in [3.8, 4) is 0 Å². The van der Waals surface area contributed by atoms with Gasteiger partial charge in [0, 0.05) is 33.8 Å². The summed E-state index contributed by atoms with van der Waals surface area (Å²) in [5.41, 5.74) is 2.29. The standard InChI is InChI=1S/C21H17ClFN3OS/c1-2-8-28-26-18-5-3-4-14(19(18)23)20(27)12-6-7-17-15(9-12)16-10-13(22)11-24-21(16)25-17/h3-7,9-11,26H,2,8H2,1H3,(H,24,25). The van der Waals surface area contributed by atoms with Gasteiger partial charge in [-0.15, -0.1) is 0 Å². The summed E-state index contributed by atoms with van der Waals surface area (Å²) in [5.74, 6) is -0.0569. The second-order valence-corrected chi connectivity index (χ2v) is 7.72. The molecule has 0 bridgehead atoms. The van der Waals surface area contributed by atoms with Crippen molar-refractivity contribution in [2.45, 2.75) is 13.3 Å². The minimum atomic E-state index is -0.542. The molecule has 2 aromatic carbocycles. The number of carbonyl (C=O) groups excluding carboxylic acids is 1. The van der Waals surface area contributed by atoms with Crippen LogP contribution in [-0.4, -0.2) is 21.5 Å². The summed E-state index contributed by atoms with van der Waals surface area (Å²) >= 11 is 7.48. The van der Waals surface area contributed by atoms with Crippen molar-refractivity contribution in [3.63, 3.8) is 0 Å². The number of ketones is 1. The van der Waals surface area contributed by atoms with E-state index in [0.29, 0.717) is 21.9 Å². The molecular formula is C21H17ClFN3OS. The highest BCUT2D eigenvalue weighted by Crippen LogP contribution is 2.29. The van der Waals surface area contributed by atoms with Crippen molar-refractivity contribution < 1.29 is 9.18 Å². The number of H-pyrrole nitrogens is 1. The van der Waals surface area contributed by atoms with Gasteiger partial charge in [0.25, 0.3) is 0 Å². The Kier molecular flexibility index (Phi) is 5.24. The zero-order valence-electron chi connectivity index (χ0n) is 15.1. The van der Waals surface area contributed by atoms with E-state index >= 15 is 0 Å². The highest BCUT2D eigenvalue weighted by molar-refractivity contribution is 8.00. The van der Waals surface area contributed by atoms with Crippen LogP contribution in [0.3, 0.4) is 0 Å². The first kappa shape index (κ1) is 18.8. The maximum atomic E-state index is 14.9. The average molecular weight is 414 g/mol. The van der Waals surface area contributed by atoms with Gasteiger partial charge in [0.05, 0.1) is 16.3 Å². The lowest BCUT2D eigenvalue weighted by Gasteiger charge is -2.09. The first-order valence-corrected chi connectivity index (χ1v) is 10.2. The molecule has 0 fully saturated rings. The fraction of sp³-hybridized carbons (Fsp3) is 0.143. The molecule has 7 heteroatoms. The van der Waals surface area contributed by atoms with Crippen LogP contribution in [0.5, 0.6) is 0 Å². The molecule has 0 spiro atoms. The van der Waals surface area contributed by atoms with Gasteiger partial charge >= 0.3 is 0 Å². The lowest BCUT2D eigenvalue weighted by molar-refractivity contribution is 0.103. The van der Waals surface area contributed by atoms with E-state index in [1.54, 1.807) is 42.6 Å². The number of nitrogens with zero attached hydrogens (tertiary/aromatic N) is 1. The number of hydrogen-bond donors (Lipinski definition) is 2. The van der Waals surface area contributed by atoms with Crippen molar-refractivity contribution in [2.24, 2.45) is 0 Å². The van der Waals surface area contributed by atoms with E-state index in [2.05, 4.69) is 21.6 Å². The average Bonchev–Trinajstić information content (AvgIpc) is 3.06. The van der Waals surface area contributed by atoms with Gasteiger partial charge in [-0.2, -0.15) is 0 Å². The number of nitrogens with one attached hydrogen (secondary N) is 2. The molecule has 142 valence electrons. The van der Waals surface area contributed by atoms with Crippen LogP contribution >= 0.6 is 23.5 Å². The molecule has 0 saturated heterocycles. The Labute approximate surface area is 170 Å². The van der Waals surface area contributed by atoms with Gasteiger partial charge < -0.3 is 9.71 Å². The van der Waals surface area contributed by atoms with E-state index in [0.717, 1.165) is 28.5 Å². The van der Waals surface area contributed by atoms with Crippen molar-refractivity contribution in [1.82, 2.24) is 9.97 Å². The largest absolute Gasteiger partial charge is 0.339 e. The Hall–Kier alpha value is -2.57. The molecule has 0 aliphatic carbocycles. The van der Waals surface area contributed by atoms with Crippen molar-refractivity contribution in [3.05, 3.63) is 70.6 Å². The third-order valence-corrected chi connectivity index (χ3v) is 5.59. The van der Waals surface area contributed by atoms with Crippen molar-refractivity contribution in [1.29, 1.82) is 0 Å². The first-order valence-electron chi connectivity index (χ1n) is 8.86. The van der Waals surface area contributed by atoms with Crippen LogP contribution in [0, 0.1) is 5.82 Å². The van der Waals surface area contributed by atoms with E-state index in [1.165, 1.54) is 18.0 Å². The van der Waals surface area contributed by atoms with E-state index < -0.39 is 5.82 Å².